The molecule has 4 amide bonds. The minimum Gasteiger partial charge on any atom is -0.479 e. The first-order chi connectivity index (χ1) is 22.1. The lowest BCUT2D eigenvalue weighted by atomic mass is 9.97. The fraction of sp³-hybridized carbons (Fsp3) is 0.548. The lowest BCUT2D eigenvalue weighted by molar-refractivity contribution is -0.271. The number of aliphatic hydroxyl groups is 3. The molecule has 0 unspecified atom stereocenters. The first-order valence-corrected chi connectivity index (χ1v) is 15.1. The van der Waals surface area contributed by atoms with Gasteiger partial charge in [-0.1, -0.05) is 12.5 Å². The van der Waals surface area contributed by atoms with E-state index < -0.39 is 54.0 Å². The van der Waals surface area contributed by atoms with Gasteiger partial charge in [-0.05, 0) is 51.3 Å². The van der Waals surface area contributed by atoms with Crippen LogP contribution in [0.3, 0.4) is 0 Å². The molecular formula is C31H41N3O13. The van der Waals surface area contributed by atoms with Gasteiger partial charge in [0.15, 0.2) is 6.10 Å². The Morgan fingerprint density at radius 1 is 0.915 bits per heavy atom. The van der Waals surface area contributed by atoms with Crippen LogP contribution in [-0.2, 0) is 44.8 Å². The number of unbranched alkanes of at least 4 members (excludes halogenated alkanes) is 2. The Morgan fingerprint density at radius 2 is 1.60 bits per heavy atom. The number of nitrogens with one attached hydrogen (secondary N) is 2. The maximum Gasteiger partial charge on any atom is 0.335 e. The fourth-order valence-electron chi connectivity index (χ4n) is 4.51. The van der Waals surface area contributed by atoms with Crippen LogP contribution in [0.25, 0.3) is 0 Å². The standard InChI is InChI=1S/C31H41N3O13/c1-31(2,3)30(44)45-16-17-8-9-19(46-29-26(41)24(39)25(40)27(47-29)28(42)43)18(15-17)33-21(36)12-13-32-20(35)7-5-4-6-14-34-22(37)10-11-23(34)38/h8-11,15,24-27,29,39-41H,4-7,12-14,16H2,1-3H3,(H,32,35)(H,33,36)(H,42,43)/t24-,25-,26+,27-,29+/m0/s1. The number of carboxylic acids is 1. The molecule has 0 saturated carbocycles. The van der Waals surface area contributed by atoms with E-state index >= 15 is 0 Å². The SMILES string of the molecule is CC(C)(C)C(=O)OCc1ccc(O[C@@H]2O[C@H](C(=O)O)[C@@H](O)[C@H](O)[C@H]2O)c(NC(=O)CCNC(=O)CCCCCN2C(=O)C=CC2=O)c1. The van der Waals surface area contributed by atoms with Gasteiger partial charge in [-0.25, -0.2) is 4.79 Å². The van der Waals surface area contributed by atoms with Crippen LogP contribution in [0.2, 0.25) is 0 Å². The van der Waals surface area contributed by atoms with Gasteiger partial charge >= 0.3 is 11.9 Å². The molecule has 2 heterocycles. The van der Waals surface area contributed by atoms with E-state index in [-0.39, 0.29) is 61.7 Å². The first-order valence-electron chi connectivity index (χ1n) is 15.1. The van der Waals surface area contributed by atoms with Crippen LogP contribution in [0.15, 0.2) is 30.4 Å². The van der Waals surface area contributed by atoms with Crippen molar-refractivity contribution in [3.63, 3.8) is 0 Å². The second-order valence-electron chi connectivity index (χ2n) is 12.1. The highest BCUT2D eigenvalue weighted by Gasteiger charge is 2.48. The number of hydrogen-bond donors (Lipinski definition) is 6. The van der Waals surface area contributed by atoms with Gasteiger partial charge in [0.25, 0.3) is 11.8 Å². The lowest BCUT2D eigenvalue weighted by Gasteiger charge is -2.38. The summed E-state index contributed by atoms with van der Waals surface area (Å²) in [7, 11) is 0. The second kappa shape index (κ2) is 16.4. The number of benzene rings is 1. The summed E-state index contributed by atoms with van der Waals surface area (Å²) in [6.45, 7) is 5.14. The Kier molecular flexibility index (Phi) is 13.0. The summed E-state index contributed by atoms with van der Waals surface area (Å²) in [6, 6.07) is 4.28. The van der Waals surface area contributed by atoms with Crippen molar-refractivity contribution in [3.05, 3.63) is 35.9 Å². The van der Waals surface area contributed by atoms with Crippen molar-refractivity contribution in [2.75, 3.05) is 18.4 Å². The number of amides is 4. The number of ether oxygens (including phenoxy) is 3. The molecule has 2 aliphatic heterocycles. The fourth-order valence-corrected chi connectivity index (χ4v) is 4.51. The molecule has 5 atom stereocenters. The van der Waals surface area contributed by atoms with Gasteiger partial charge in [-0.15, -0.1) is 0 Å². The number of anilines is 1. The average molecular weight is 664 g/mol. The highest BCUT2D eigenvalue weighted by Crippen LogP contribution is 2.31. The molecule has 16 heteroatoms. The quantitative estimate of drug-likeness (QED) is 0.0823. The van der Waals surface area contributed by atoms with E-state index in [9.17, 15) is 49.2 Å². The van der Waals surface area contributed by atoms with E-state index in [1.54, 1.807) is 20.8 Å². The molecular weight excluding hydrogens is 622 g/mol. The molecule has 1 aromatic rings. The third kappa shape index (κ3) is 10.6. The number of imide groups is 1. The lowest BCUT2D eigenvalue weighted by Crippen LogP contribution is -2.61. The molecule has 1 fully saturated rings. The number of aliphatic carboxylic acids is 1. The maximum atomic E-state index is 12.8. The minimum absolute atomic E-state index is 0.0129. The van der Waals surface area contributed by atoms with E-state index in [0.717, 1.165) is 4.90 Å². The van der Waals surface area contributed by atoms with Gasteiger partial charge in [0, 0.05) is 38.1 Å². The van der Waals surface area contributed by atoms with E-state index in [1.165, 1.54) is 30.4 Å². The van der Waals surface area contributed by atoms with Crippen LogP contribution in [0.4, 0.5) is 5.69 Å². The van der Waals surface area contributed by atoms with Gasteiger partial charge in [-0.3, -0.25) is 28.9 Å². The minimum atomic E-state index is -1.93. The third-order valence-electron chi connectivity index (χ3n) is 7.22. The predicted molar refractivity (Wildman–Crippen MR) is 161 cm³/mol. The van der Waals surface area contributed by atoms with Crippen molar-refractivity contribution in [2.24, 2.45) is 5.41 Å². The van der Waals surface area contributed by atoms with Crippen molar-refractivity contribution in [1.29, 1.82) is 0 Å². The van der Waals surface area contributed by atoms with Crippen molar-refractivity contribution in [2.45, 2.75) is 90.2 Å². The smallest absolute Gasteiger partial charge is 0.335 e. The molecule has 3 rings (SSSR count). The predicted octanol–water partition coefficient (Wildman–Crippen LogP) is -0.0229. The van der Waals surface area contributed by atoms with Gasteiger partial charge in [-0.2, -0.15) is 0 Å². The van der Waals surface area contributed by atoms with Gasteiger partial charge in [0.1, 0.15) is 30.7 Å². The molecule has 16 nitrogen and oxygen atoms in total. The Bertz CT molecular complexity index is 1350. The topological polar surface area (TPSA) is 238 Å². The van der Waals surface area contributed by atoms with Crippen LogP contribution < -0.4 is 15.4 Å². The van der Waals surface area contributed by atoms with Crippen molar-refractivity contribution >= 4 is 41.3 Å². The normalized spacial score (nSPS) is 22.6. The molecule has 0 aromatic heterocycles. The summed E-state index contributed by atoms with van der Waals surface area (Å²) in [4.78, 5) is 73.1. The summed E-state index contributed by atoms with van der Waals surface area (Å²) in [5.41, 5.74) is -0.298. The molecule has 2 aliphatic rings. The number of rotatable bonds is 15. The van der Waals surface area contributed by atoms with Crippen molar-refractivity contribution in [1.82, 2.24) is 10.2 Å². The number of carboxylic acid groups (broad SMARTS) is 1. The zero-order chi connectivity index (χ0) is 34.9. The maximum absolute atomic E-state index is 12.8. The molecule has 6 N–H and O–H groups in total. The highest BCUT2D eigenvalue weighted by molar-refractivity contribution is 6.12. The molecule has 0 radical (unpaired) electrons. The van der Waals surface area contributed by atoms with Crippen LogP contribution in [0.5, 0.6) is 5.75 Å². The molecule has 47 heavy (non-hydrogen) atoms. The van der Waals surface area contributed by atoms with Gasteiger partial charge in [0.2, 0.25) is 18.1 Å². The molecule has 258 valence electrons. The second-order valence-corrected chi connectivity index (χ2v) is 12.1. The monoisotopic (exact) mass is 663 g/mol. The Balaban J connectivity index is 1.57. The van der Waals surface area contributed by atoms with E-state index in [1.807, 2.05) is 0 Å². The molecule has 1 saturated heterocycles. The molecule has 0 spiro atoms. The summed E-state index contributed by atoms with van der Waals surface area (Å²) in [5, 5.41) is 45.1. The number of nitrogens with zero attached hydrogens (tertiary/aromatic N) is 1. The molecule has 1 aromatic carbocycles. The molecule has 0 bridgehead atoms. The van der Waals surface area contributed by atoms with Crippen LogP contribution in [0.1, 0.15) is 58.4 Å². The van der Waals surface area contributed by atoms with Gasteiger partial charge < -0.3 is 45.3 Å². The number of aliphatic hydroxyl groups excluding tert-OH is 3. The summed E-state index contributed by atoms with van der Waals surface area (Å²) < 4.78 is 16.2. The average Bonchev–Trinajstić information content (AvgIpc) is 3.32. The van der Waals surface area contributed by atoms with Crippen molar-refractivity contribution < 1.29 is 63.4 Å². The van der Waals surface area contributed by atoms with E-state index in [0.29, 0.717) is 24.8 Å². The number of carbonyl (C=O) groups is 6. The first kappa shape index (κ1) is 37.1. The van der Waals surface area contributed by atoms with Crippen LogP contribution in [0, 0.1) is 5.41 Å². The highest BCUT2D eigenvalue weighted by atomic mass is 16.7. The summed E-state index contributed by atoms with van der Waals surface area (Å²) in [5.74, 6) is -3.74. The van der Waals surface area contributed by atoms with E-state index in [4.69, 9.17) is 14.2 Å². The van der Waals surface area contributed by atoms with Crippen LogP contribution in [-0.4, -0.2) is 105 Å². The van der Waals surface area contributed by atoms with Crippen LogP contribution >= 0.6 is 0 Å². The largest absolute Gasteiger partial charge is 0.479 e. The zero-order valence-corrected chi connectivity index (χ0v) is 26.3. The number of hydrogen-bond acceptors (Lipinski definition) is 12. The zero-order valence-electron chi connectivity index (χ0n) is 26.3. The van der Waals surface area contributed by atoms with E-state index in [2.05, 4.69) is 10.6 Å². The number of carbonyl (C=O) groups excluding carboxylic acids is 5. The summed E-state index contributed by atoms with van der Waals surface area (Å²) in [6.07, 6.45) is -5.24. The van der Waals surface area contributed by atoms with Gasteiger partial charge in [0.05, 0.1) is 11.1 Å². The Morgan fingerprint density at radius 3 is 2.23 bits per heavy atom. The molecule has 0 aliphatic carbocycles. The Labute approximate surface area is 270 Å². The van der Waals surface area contributed by atoms with Crippen molar-refractivity contribution in [3.8, 4) is 5.75 Å². The Hall–Kier alpha value is -4.38. The number of esters is 1. The third-order valence-corrected chi connectivity index (χ3v) is 7.22. The summed E-state index contributed by atoms with van der Waals surface area (Å²) >= 11 is 0.